The number of carbonyl (C=O) groups excluding carboxylic acids is 1. The molecule has 0 spiro atoms. The fourth-order valence-electron chi connectivity index (χ4n) is 3.57. The third-order valence-electron chi connectivity index (χ3n) is 5.82. The molecule has 0 aliphatic carbocycles. The van der Waals surface area contributed by atoms with Crippen molar-refractivity contribution in [3.05, 3.63) is 75.3 Å². The van der Waals surface area contributed by atoms with E-state index in [1.165, 1.54) is 6.07 Å². The quantitative estimate of drug-likeness (QED) is 0.255. The predicted octanol–water partition coefficient (Wildman–Crippen LogP) is 5.80. The molecule has 3 aromatic rings. The molecule has 222 valence electrons. The summed E-state index contributed by atoms with van der Waals surface area (Å²) < 4.78 is 64.3. The molecular formula is C28H33F5N6O2. The first kappa shape index (κ1) is 33.0. The van der Waals surface area contributed by atoms with Crippen LogP contribution >= 0.6 is 0 Å². The summed E-state index contributed by atoms with van der Waals surface area (Å²) in [6.07, 6.45) is 3.71. The van der Waals surface area contributed by atoms with Gasteiger partial charge >= 0.3 is 6.18 Å². The Balaban J connectivity index is 0.000000408. The highest BCUT2D eigenvalue weighted by Gasteiger charge is 2.36. The summed E-state index contributed by atoms with van der Waals surface area (Å²) in [5.74, 6) is -0.310. The van der Waals surface area contributed by atoms with Gasteiger partial charge in [0.15, 0.2) is 12.1 Å². The molecule has 0 radical (unpaired) electrons. The fourth-order valence-corrected chi connectivity index (χ4v) is 3.57. The smallest absolute Gasteiger partial charge is 0.397 e. The number of carbonyl (C=O) groups is 1. The van der Waals surface area contributed by atoms with Gasteiger partial charge in [-0.25, -0.2) is 23.8 Å². The van der Waals surface area contributed by atoms with Crippen LogP contribution in [0.4, 0.5) is 27.6 Å². The third-order valence-corrected chi connectivity index (χ3v) is 5.82. The molecule has 0 bridgehead atoms. The molecule has 0 aliphatic rings. The van der Waals surface area contributed by atoms with Crippen LogP contribution in [0.3, 0.4) is 0 Å². The highest BCUT2D eigenvalue weighted by molar-refractivity contribution is 5.84. The van der Waals surface area contributed by atoms with Gasteiger partial charge in [0.05, 0.1) is 17.4 Å². The maximum Gasteiger partial charge on any atom is 0.423 e. The maximum absolute atomic E-state index is 14.6. The summed E-state index contributed by atoms with van der Waals surface area (Å²) in [5.41, 5.74) is 3.29. The number of H-pyrrole nitrogens is 1. The van der Waals surface area contributed by atoms with Crippen LogP contribution in [0.25, 0.3) is 17.5 Å². The van der Waals surface area contributed by atoms with Crippen LogP contribution in [-0.4, -0.2) is 51.1 Å². The zero-order chi connectivity index (χ0) is 31.0. The van der Waals surface area contributed by atoms with Crippen LogP contribution in [0.2, 0.25) is 0 Å². The lowest BCUT2D eigenvalue weighted by atomic mass is 9.89. The molecule has 3 rings (SSSR count). The summed E-state index contributed by atoms with van der Waals surface area (Å²) in [4.78, 5) is 32.3. The number of halogens is 5. The Morgan fingerprint density at radius 1 is 1.10 bits per heavy atom. The Morgan fingerprint density at radius 2 is 1.73 bits per heavy atom. The number of anilines is 1. The number of rotatable bonds is 8. The number of hydrogen-bond donors (Lipinski definition) is 2. The molecule has 0 amide bonds. The molecule has 3 N–H and O–H groups in total. The minimum absolute atomic E-state index is 0.108. The topological polar surface area (TPSA) is 118 Å². The lowest BCUT2D eigenvalue weighted by Gasteiger charge is -2.18. The molecule has 1 aromatic carbocycles. The summed E-state index contributed by atoms with van der Waals surface area (Å²) in [6, 6.07) is 2.73. The Bertz CT molecular complexity index is 1400. The largest absolute Gasteiger partial charge is 0.423 e. The van der Waals surface area contributed by atoms with Crippen LogP contribution in [-0.2, 0) is 11.6 Å². The molecule has 8 nitrogen and oxygen atoms in total. The number of nitrogens with two attached hydrogens (primary N) is 1. The monoisotopic (exact) mass is 580 g/mol. The van der Waals surface area contributed by atoms with Crippen LogP contribution in [0, 0.1) is 5.82 Å². The molecule has 0 aliphatic heterocycles. The Morgan fingerprint density at radius 3 is 2.22 bits per heavy atom. The van der Waals surface area contributed by atoms with Crippen LogP contribution in [0.5, 0.6) is 0 Å². The predicted molar refractivity (Wildman–Crippen MR) is 147 cm³/mol. The molecule has 2 aromatic heterocycles. The van der Waals surface area contributed by atoms with E-state index in [1.807, 2.05) is 27.7 Å². The standard InChI is InChI=1S/C23H29F2N3O.C5H4F3N3O/c1-6-7-19(24)14-28(5)9-8-16-10-20(21(25)11-17(16)15-29)22-26-12-18(13-27-22)23(2,3)4;6-5(7,8)3-2(9)1-10-11-4(3)12/h8-13,15,19H,6-7,14H2,1-5H3;1H,(H3,9,11,12)/b9-8-;. The number of aldehydes is 1. The summed E-state index contributed by atoms with van der Waals surface area (Å²) in [5, 5.41) is 4.74. The molecular weight excluding hydrogens is 547 g/mol. The zero-order valence-corrected chi connectivity index (χ0v) is 23.4. The van der Waals surface area contributed by atoms with Crippen molar-refractivity contribution in [2.45, 2.75) is 58.3 Å². The molecule has 41 heavy (non-hydrogen) atoms. The first-order valence-electron chi connectivity index (χ1n) is 12.6. The van der Waals surface area contributed by atoms with E-state index >= 15 is 0 Å². The van der Waals surface area contributed by atoms with Crippen molar-refractivity contribution in [3.8, 4) is 11.4 Å². The second kappa shape index (κ2) is 14.0. The van der Waals surface area contributed by atoms with Gasteiger partial charge in [-0.05, 0) is 47.4 Å². The number of aromatic amines is 1. The lowest BCUT2D eigenvalue weighted by Crippen LogP contribution is -2.24. The Kier molecular flexibility index (Phi) is 11.2. The van der Waals surface area contributed by atoms with Gasteiger partial charge in [-0.2, -0.15) is 18.3 Å². The molecule has 0 fully saturated rings. The van der Waals surface area contributed by atoms with E-state index in [2.05, 4.69) is 15.1 Å². The highest BCUT2D eigenvalue weighted by atomic mass is 19.4. The summed E-state index contributed by atoms with van der Waals surface area (Å²) in [7, 11) is 1.76. The van der Waals surface area contributed by atoms with Crippen LogP contribution in [0.1, 0.15) is 67.6 Å². The van der Waals surface area contributed by atoms with Gasteiger partial charge in [0.1, 0.15) is 17.6 Å². The van der Waals surface area contributed by atoms with Gasteiger partial charge in [0.2, 0.25) is 0 Å². The fraction of sp³-hybridized carbons (Fsp3) is 0.393. The number of hydrogen-bond acceptors (Lipinski definition) is 7. The number of nitrogens with one attached hydrogen (secondary N) is 1. The first-order chi connectivity index (χ1) is 19.1. The second-order valence-electron chi connectivity index (χ2n) is 10.3. The molecule has 1 atom stereocenters. The Labute approximate surface area is 234 Å². The average molecular weight is 581 g/mol. The second-order valence-corrected chi connectivity index (χ2v) is 10.3. The van der Waals surface area contributed by atoms with Gasteiger partial charge < -0.3 is 10.6 Å². The van der Waals surface area contributed by atoms with Gasteiger partial charge in [0, 0.05) is 31.5 Å². The summed E-state index contributed by atoms with van der Waals surface area (Å²) in [6.45, 7) is 8.34. The lowest BCUT2D eigenvalue weighted by molar-refractivity contribution is -0.138. The van der Waals surface area contributed by atoms with E-state index in [1.54, 1.807) is 47.8 Å². The minimum atomic E-state index is -4.74. The molecule has 0 saturated carbocycles. The number of nitrogen functional groups attached to an aromatic ring is 1. The molecule has 2 heterocycles. The first-order valence-corrected chi connectivity index (χ1v) is 12.6. The maximum atomic E-state index is 14.6. The van der Waals surface area contributed by atoms with Crippen molar-refractivity contribution >= 4 is 18.0 Å². The SMILES string of the molecule is CCCC(F)CN(C)/C=C\c1cc(-c2ncc(C(C)(C)C)cn2)c(F)cc1C=O.Nc1cn[nH]c(=O)c1C(F)(F)F. The third kappa shape index (κ3) is 9.47. The van der Waals surface area contributed by atoms with Crippen LogP contribution in [0.15, 0.2) is 41.7 Å². The van der Waals surface area contributed by atoms with Gasteiger partial charge in [-0.3, -0.25) is 9.59 Å². The van der Waals surface area contributed by atoms with Crippen molar-refractivity contribution in [1.82, 2.24) is 25.1 Å². The van der Waals surface area contributed by atoms with Gasteiger partial charge in [-0.15, -0.1) is 0 Å². The highest BCUT2D eigenvalue weighted by Crippen LogP contribution is 2.29. The number of aromatic nitrogens is 4. The number of alkyl halides is 4. The van der Waals surface area contributed by atoms with E-state index in [9.17, 15) is 31.5 Å². The van der Waals surface area contributed by atoms with E-state index in [-0.39, 0.29) is 28.9 Å². The van der Waals surface area contributed by atoms with Crippen molar-refractivity contribution in [2.75, 3.05) is 19.3 Å². The van der Waals surface area contributed by atoms with E-state index in [4.69, 9.17) is 5.73 Å². The number of nitrogens with zero attached hydrogens (tertiary/aromatic N) is 4. The van der Waals surface area contributed by atoms with E-state index in [0.717, 1.165) is 18.2 Å². The van der Waals surface area contributed by atoms with Crippen molar-refractivity contribution in [1.29, 1.82) is 0 Å². The van der Waals surface area contributed by atoms with E-state index in [0.29, 0.717) is 18.3 Å². The van der Waals surface area contributed by atoms with Crippen molar-refractivity contribution < 1.29 is 26.7 Å². The van der Waals surface area contributed by atoms with Crippen molar-refractivity contribution in [3.63, 3.8) is 0 Å². The summed E-state index contributed by atoms with van der Waals surface area (Å²) >= 11 is 0. The van der Waals surface area contributed by atoms with Gasteiger partial charge in [0.25, 0.3) is 5.56 Å². The molecule has 1 unspecified atom stereocenters. The Hall–Kier alpha value is -4.16. The van der Waals surface area contributed by atoms with Crippen LogP contribution < -0.4 is 11.3 Å². The van der Waals surface area contributed by atoms with Gasteiger partial charge in [-0.1, -0.05) is 34.1 Å². The van der Waals surface area contributed by atoms with Crippen molar-refractivity contribution in [2.24, 2.45) is 0 Å². The molecule has 0 saturated heterocycles. The minimum Gasteiger partial charge on any atom is -0.397 e. The zero-order valence-electron chi connectivity index (χ0n) is 23.4. The van der Waals surface area contributed by atoms with E-state index < -0.39 is 35.0 Å². The normalized spacial score (nSPS) is 12.5. The average Bonchev–Trinajstić information content (AvgIpc) is 2.87. The number of benzene rings is 1. The molecule has 13 heteroatoms.